The van der Waals surface area contributed by atoms with Crippen LogP contribution in [0.4, 0.5) is 0 Å². The third-order valence-electron chi connectivity index (χ3n) is 6.53. The van der Waals surface area contributed by atoms with Gasteiger partial charge in [-0.25, -0.2) is 0 Å². The van der Waals surface area contributed by atoms with E-state index in [4.69, 9.17) is 0 Å². The van der Waals surface area contributed by atoms with Crippen LogP contribution in [0.25, 0.3) is 0 Å². The van der Waals surface area contributed by atoms with Crippen molar-refractivity contribution in [2.24, 2.45) is 5.41 Å². The zero-order chi connectivity index (χ0) is 25.5. The highest BCUT2D eigenvalue weighted by Gasteiger charge is 2.22. The monoisotopic (exact) mass is 487 g/mol. The second-order valence-electron chi connectivity index (χ2n) is 10.2. The van der Waals surface area contributed by atoms with Gasteiger partial charge < -0.3 is 15.2 Å². The first-order chi connectivity index (χ1) is 16.0. The minimum absolute atomic E-state index is 0.0922. The van der Waals surface area contributed by atoms with Crippen LogP contribution in [0, 0.1) is 19.3 Å². The number of aliphatic hydroxyl groups is 1. The summed E-state index contributed by atoms with van der Waals surface area (Å²) >= 11 is 1.52. The van der Waals surface area contributed by atoms with E-state index < -0.39 is 5.97 Å². The first-order valence-electron chi connectivity index (χ1n) is 12.2. The van der Waals surface area contributed by atoms with Crippen molar-refractivity contribution in [3.05, 3.63) is 56.3 Å². The number of amides is 1. The quantitative estimate of drug-likeness (QED) is 0.397. The molecule has 0 bridgehead atoms. The lowest BCUT2D eigenvalue weighted by Gasteiger charge is -2.26. The van der Waals surface area contributed by atoms with Crippen LogP contribution in [0.15, 0.2) is 24.3 Å². The molecule has 2 N–H and O–H groups in total. The highest BCUT2D eigenvalue weighted by Crippen LogP contribution is 2.33. The number of hydrogen-bond donors (Lipinski definition) is 2. The molecule has 1 heterocycles. The van der Waals surface area contributed by atoms with Gasteiger partial charge in [0.25, 0.3) is 5.91 Å². The van der Waals surface area contributed by atoms with Crippen molar-refractivity contribution in [2.45, 2.75) is 85.7 Å². The summed E-state index contributed by atoms with van der Waals surface area (Å²) in [5.41, 5.74) is 4.75. The third-order valence-corrected chi connectivity index (χ3v) is 7.93. The first-order valence-corrected chi connectivity index (χ1v) is 13.0. The van der Waals surface area contributed by atoms with Gasteiger partial charge in [-0.1, -0.05) is 45.9 Å². The third kappa shape index (κ3) is 7.95. The molecule has 2 atom stereocenters. The average molecular weight is 488 g/mol. The molecule has 0 aliphatic rings. The van der Waals surface area contributed by atoms with Crippen LogP contribution in [0.3, 0.4) is 0 Å². The topological polar surface area (TPSA) is 75.6 Å². The summed E-state index contributed by atoms with van der Waals surface area (Å²) in [7, 11) is 1.31. The van der Waals surface area contributed by atoms with Crippen molar-refractivity contribution < 1.29 is 19.4 Å². The van der Waals surface area contributed by atoms with Crippen molar-refractivity contribution in [1.82, 2.24) is 5.32 Å². The molecule has 1 aromatic heterocycles. The summed E-state index contributed by atoms with van der Waals surface area (Å²) in [6.07, 6.45) is 4.35. The number of benzene rings is 1. The smallest absolute Gasteiger partial charge is 0.325 e. The van der Waals surface area contributed by atoms with Crippen LogP contribution in [0.2, 0.25) is 0 Å². The minimum Gasteiger partial charge on any atom is -0.468 e. The number of aliphatic hydroxyl groups excluding tert-OH is 1. The fraction of sp³-hybridized carbons (Fsp3) is 0.571. The van der Waals surface area contributed by atoms with Gasteiger partial charge in [0.1, 0.15) is 6.54 Å². The number of esters is 1. The highest BCUT2D eigenvalue weighted by molar-refractivity contribution is 7.14. The van der Waals surface area contributed by atoms with Gasteiger partial charge in [-0.2, -0.15) is 0 Å². The van der Waals surface area contributed by atoms with Gasteiger partial charge in [0.05, 0.1) is 18.1 Å². The molecule has 0 radical (unpaired) electrons. The van der Waals surface area contributed by atoms with Gasteiger partial charge in [0, 0.05) is 4.88 Å². The first kappa shape index (κ1) is 28.1. The molecule has 0 aliphatic heterocycles. The molecular weight excluding hydrogens is 446 g/mol. The second kappa shape index (κ2) is 12.5. The Morgan fingerprint density at radius 2 is 1.79 bits per heavy atom. The number of methoxy groups -OCH3 is 1. The van der Waals surface area contributed by atoms with Gasteiger partial charge in [-0.3, -0.25) is 9.59 Å². The molecule has 0 spiro atoms. The Hall–Kier alpha value is -2.18. The number of rotatable bonds is 11. The summed E-state index contributed by atoms with van der Waals surface area (Å²) in [6, 6.07) is 8.81. The molecule has 188 valence electrons. The number of aryl methyl sites for hydroxylation is 4. The molecule has 1 aromatic carbocycles. The van der Waals surface area contributed by atoms with E-state index in [1.165, 1.54) is 40.0 Å². The Morgan fingerprint density at radius 3 is 2.38 bits per heavy atom. The summed E-state index contributed by atoms with van der Waals surface area (Å²) in [5, 5.41) is 13.0. The molecule has 1 amide bonds. The Labute approximate surface area is 208 Å². The number of carbonyl (C=O) groups is 2. The fourth-order valence-electron chi connectivity index (χ4n) is 4.05. The van der Waals surface area contributed by atoms with Crippen LogP contribution in [0.1, 0.15) is 89.7 Å². The van der Waals surface area contributed by atoms with E-state index >= 15 is 0 Å². The molecule has 34 heavy (non-hydrogen) atoms. The lowest BCUT2D eigenvalue weighted by Crippen LogP contribution is -2.29. The molecule has 2 aromatic rings. The van der Waals surface area contributed by atoms with Crippen LogP contribution in [0.5, 0.6) is 0 Å². The zero-order valence-electron chi connectivity index (χ0n) is 21.8. The maximum absolute atomic E-state index is 12.5. The summed E-state index contributed by atoms with van der Waals surface area (Å²) in [4.78, 5) is 25.7. The van der Waals surface area contributed by atoms with Gasteiger partial charge in [0.2, 0.25) is 0 Å². The number of hydrogen-bond acceptors (Lipinski definition) is 5. The minimum atomic E-state index is -0.457. The largest absolute Gasteiger partial charge is 0.468 e. The number of thiophene rings is 1. The molecular formula is C28H41NO4S. The van der Waals surface area contributed by atoms with E-state index in [2.05, 4.69) is 68.9 Å². The van der Waals surface area contributed by atoms with E-state index in [0.717, 1.165) is 37.7 Å². The van der Waals surface area contributed by atoms with Crippen molar-refractivity contribution in [3.63, 3.8) is 0 Å². The molecule has 6 heteroatoms. The van der Waals surface area contributed by atoms with E-state index in [1.54, 1.807) is 0 Å². The van der Waals surface area contributed by atoms with Crippen LogP contribution >= 0.6 is 11.3 Å². The lowest BCUT2D eigenvalue weighted by molar-refractivity contribution is -0.139. The van der Waals surface area contributed by atoms with Gasteiger partial charge in [-0.15, -0.1) is 11.3 Å². The molecule has 2 unspecified atom stereocenters. The van der Waals surface area contributed by atoms with Crippen LogP contribution in [-0.2, 0) is 22.4 Å². The predicted molar refractivity (Wildman–Crippen MR) is 140 cm³/mol. The molecule has 0 saturated carbocycles. The lowest BCUT2D eigenvalue weighted by atomic mass is 9.85. The number of nitrogens with one attached hydrogen (secondary N) is 1. The molecule has 5 nitrogen and oxygen atoms in total. The standard InChI is InChI=1S/C28H41NO4S/c1-8-21(23-16-19(3)26(34-23)27(32)29-17-25(31)33-7)11-9-20-10-12-22(18(2)15-20)13-14-24(30)28(4,5)6/h10,12,15-16,21,24,30H,8-9,11,13-14,17H2,1-7H3,(H,29,32). The highest BCUT2D eigenvalue weighted by atomic mass is 32.1. The van der Waals surface area contributed by atoms with Crippen molar-refractivity contribution in [1.29, 1.82) is 0 Å². The molecule has 0 fully saturated rings. The summed E-state index contributed by atoms with van der Waals surface area (Å²) < 4.78 is 4.59. The number of ether oxygens (including phenoxy) is 1. The molecule has 2 rings (SSSR count). The maximum atomic E-state index is 12.5. The Kier molecular flexibility index (Phi) is 10.3. The zero-order valence-corrected chi connectivity index (χ0v) is 22.6. The van der Waals surface area contributed by atoms with Gasteiger partial charge >= 0.3 is 5.97 Å². The summed E-state index contributed by atoms with van der Waals surface area (Å²) in [5.74, 6) is -0.300. The Morgan fingerprint density at radius 1 is 1.09 bits per heavy atom. The molecule has 0 aliphatic carbocycles. The van der Waals surface area contributed by atoms with Crippen LogP contribution in [-0.4, -0.2) is 36.7 Å². The fourth-order valence-corrected chi connectivity index (χ4v) is 5.35. The Balaban J connectivity index is 1.99. The molecule has 0 saturated heterocycles. The van der Waals surface area contributed by atoms with Crippen LogP contribution < -0.4 is 5.32 Å². The predicted octanol–water partition coefficient (Wildman–Crippen LogP) is 5.73. The van der Waals surface area contributed by atoms with Gasteiger partial charge in [0.15, 0.2) is 0 Å². The average Bonchev–Trinajstić information content (AvgIpc) is 3.17. The van der Waals surface area contributed by atoms with Crippen molar-refractivity contribution in [2.75, 3.05) is 13.7 Å². The maximum Gasteiger partial charge on any atom is 0.325 e. The second-order valence-corrected chi connectivity index (χ2v) is 11.3. The SMILES string of the molecule is CCC(CCc1ccc(CCC(O)C(C)(C)C)c(C)c1)c1cc(C)c(C(=O)NCC(=O)OC)s1. The van der Waals surface area contributed by atoms with E-state index in [1.807, 2.05) is 6.92 Å². The number of carbonyl (C=O) groups excluding carboxylic acids is 2. The normalized spacial score (nSPS) is 13.4. The van der Waals surface area contributed by atoms with E-state index in [9.17, 15) is 14.7 Å². The summed E-state index contributed by atoms with van der Waals surface area (Å²) in [6.45, 7) is 12.4. The Bertz CT molecular complexity index is 973. The van der Waals surface area contributed by atoms with E-state index in [-0.39, 0.29) is 24.0 Å². The van der Waals surface area contributed by atoms with Gasteiger partial charge in [-0.05, 0) is 85.6 Å². The van der Waals surface area contributed by atoms with Crippen molar-refractivity contribution >= 4 is 23.2 Å². The van der Waals surface area contributed by atoms with E-state index in [0.29, 0.717) is 10.8 Å². The van der Waals surface area contributed by atoms with Crippen molar-refractivity contribution in [3.8, 4) is 0 Å².